The number of benzene rings is 1. The van der Waals surface area contributed by atoms with E-state index in [4.69, 9.17) is 5.11 Å². The number of sulfonamides is 1. The van der Waals surface area contributed by atoms with Crippen molar-refractivity contribution in [1.29, 1.82) is 0 Å². The summed E-state index contributed by atoms with van der Waals surface area (Å²) in [5.74, 6) is -0.999. The summed E-state index contributed by atoms with van der Waals surface area (Å²) in [4.78, 5) is 28.4. The lowest BCUT2D eigenvalue weighted by molar-refractivity contribution is -0.138. The van der Waals surface area contributed by atoms with Crippen LogP contribution in [0.25, 0.3) is 0 Å². The van der Waals surface area contributed by atoms with Crippen LogP contribution in [0, 0.1) is 0 Å². The number of carbonyl (C=O) groups excluding carboxylic acids is 1. The van der Waals surface area contributed by atoms with E-state index in [0.717, 1.165) is 0 Å². The van der Waals surface area contributed by atoms with Gasteiger partial charge in [0.2, 0.25) is 5.91 Å². The molecule has 1 amide bonds. The van der Waals surface area contributed by atoms with E-state index in [1.54, 1.807) is 25.1 Å². The number of aliphatic carboxylic acids is 1. The van der Waals surface area contributed by atoms with Gasteiger partial charge in [-0.25, -0.2) is 8.42 Å². The number of aliphatic imine (C=N–C) groups is 1. The second-order valence-electron chi connectivity index (χ2n) is 5.59. The Morgan fingerprint density at radius 3 is 2.67 bits per heavy atom. The second kappa shape index (κ2) is 7.00. The van der Waals surface area contributed by atoms with Crippen molar-refractivity contribution in [2.24, 2.45) is 4.99 Å². The summed E-state index contributed by atoms with van der Waals surface area (Å²) >= 11 is 0. The molecule has 2 rings (SSSR count). The van der Waals surface area contributed by atoms with Gasteiger partial charge < -0.3 is 10.0 Å². The molecular formula is C15H19N3O5S. The van der Waals surface area contributed by atoms with Crippen LogP contribution in [0.15, 0.2) is 34.2 Å². The van der Waals surface area contributed by atoms with Crippen molar-refractivity contribution in [3.63, 3.8) is 0 Å². The Labute approximate surface area is 140 Å². The molecule has 1 aromatic carbocycles. The average Bonchev–Trinajstić information content (AvgIpc) is 2.76. The maximum Gasteiger partial charge on any atom is 0.305 e. The fraction of sp³-hybridized carbons (Fsp3) is 0.400. The van der Waals surface area contributed by atoms with E-state index in [9.17, 15) is 18.0 Å². The Morgan fingerprint density at radius 1 is 1.33 bits per heavy atom. The number of hydrogen-bond acceptors (Lipinski definition) is 5. The second-order valence-corrected chi connectivity index (χ2v) is 7.24. The number of rotatable bonds is 6. The van der Waals surface area contributed by atoms with E-state index in [1.165, 1.54) is 18.0 Å². The number of amides is 1. The number of fused-ring (bicyclic) bond motifs is 1. The van der Waals surface area contributed by atoms with E-state index in [2.05, 4.69) is 9.71 Å². The molecule has 0 saturated heterocycles. The summed E-state index contributed by atoms with van der Waals surface area (Å²) in [7, 11) is -2.08. The summed E-state index contributed by atoms with van der Waals surface area (Å²) in [5.41, 5.74) is 0.482. The zero-order valence-corrected chi connectivity index (χ0v) is 14.2. The molecule has 9 heteroatoms. The Morgan fingerprint density at radius 2 is 2.00 bits per heavy atom. The predicted octanol–water partition coefficient (Wildman–Crippen LogP) is 0.437. The van der Waals surface area contributed by atoms with Crippen LogP contribution < -0.4 is 4.72 Å². The molecule has 1 aliphatic rings. The molecule has 130 valence electrons. The Bertz CT molecular complexity index is 788. The number of hydrogen-bond donors (Lipinski definition) is 2. The molecule has 0 spiro atoms. The van der Waals surface area contributed by atoms with Crippen molar-refractivity contribution >= 4 is 27.7 Å². The van der Waals surface area contributed by atoms with Gasteiger partial charge in [0, 0.05) is 25.6 Å². The molecule has 2 N–H and O–H groups in total. The summed E-state index contributed by atoms with van der Waals surface area (Å²) in [6.07, 6.45) is -0.0676. The first-order chi connectivity index (χ1) is 11.2. The highest BCUT2D eigenvalue weighted by Crippen LogP contribution is 2.22. The molecule has 1 atom stereocenters. The lowest BCUT2D eigenvalue weighted by atomic mass is 10.2. The number of nitrogens with one attached hydrogen (secondary N) is 1. The third-order valence-electron chi connectivity index (χ3n) is 3.57. The van der Waals surface area contributed by atoms with E-state index in [0.29, 0.717) is 5.56 Å². The first kappa shape index (κ1) is 17.9. The van der Waals surface area contributed by atoms with Crippen molar-refractivity contribution in [3.8, 4) is 0 Å². The molecule has 0 bridgehead atoms. The molecule has 0 fully saturated rings. The van der Waals surface area contributed by atoms with Gasteiger partial charge >= 0.3 is 5.97 Å². The zero-order valence-electron chi connectivity index (χ0n) is 13.4. The number of carboxylic acid groups (broad SMARTS) is 1. The highest BCUT2D eigenvalue weighted by Gasteiger charge is 2.30. The van der Waals surface area contributed by atoms with E-state index in [-0.39, 0.29) is 36.0 Å². The van der Waals surface area contributed by atoms with Crippen molar-refractivity contribution < 1.29 is 23.1 Å². The zero-order chi connectivity index (χ0) is 17.9. The average molecular weight is 353 g/mol. The highest BCUT2D eigenvalue weighted by molar-refractivity contribution is 7.90. The van der Waals surface area contributed by atoms with Crippen molar-refractivity contribution in [3.05, 3.63) is 29.8 Å². The highest BCUT2D eigenvalue weighted by atomic mass is 32.2. The molecule has 8 nitrogen and oxygen atoms in total. The smallest absolute Gasteiger partial charge is 0.305 e. The third-order valence-corrected chi connectivity index (χ3v) is 4.97. The van der Waals surface area contributed by atoms with Crippen molar-refractivity contribution in [2.45, 2.75) is 30.7 Å². The lowest BCUT2D eigenvalue weighted by Gasteiger charge is -2.17. The number of nitrogens with zero attached hydrogens (tertiary/aromatic N) is 2. The maximum absolute atomic E-state index is 12.0. The minimum atomic E-state index is -3.60. The van der Waals surface area contributed by atoms with Gasteiger partial charge in [-0.2, -0.15) is 0 Å². The minimum absolute atomic E-state index is 0.0590. The van der Waals surface area contributed by atoms with Crippen molar-refractivity contribution in [1.82, 2.24) is 9.62 Å². The molecule has 0 aromatic heterocycles. The molecule has 0 radical (unpaired) electrons. The van der Waals surface area contributed by atoms with Crippen LogP contribution >= 0.6 is 0 Å². The summed E-state index contributed by atoms with van der Waals surface area (Å²) in [5, 5.41) is 8.63. The molecular weight excluding hydrogens is 334 g/mol. The van der Waals surface area contributed by atoms with Crippen LogP contribution in [0.1, 0.15) is 25.3 Å². The molecule has 1 aromatic rings. The fourth-order valence-electron chi connectivity index (χ4n) is 2.29. The monoisotopic (exact) mass is 353 g/mol. The Hall–Kier alpha value is -2.42. The van der Waals surface area contributed by atoms with Crippen LogP contribution in [0.5, 0.6) is 0 Å². The van der Waals surface area contributed by atoms with Crippen LogP contribution in [0.2, 0.25) is 0 Å². The third kappa shape index (κ3) is 4.10. The largest absolute Gasteiger partial charge is 0.481 e. The van der Waals surface area contributed by atoms with E-state index < -0.39 is 22.0 Å². The summed E-state index contributed by atoms with van der Waals surface area (Å²) in [6, 6.07) is 6.04. The van der Waals surface area contributed by atoms with Gasteiger partial charge in [-0.05, 0) is 19.1 Å². The van der Waals surface area contributed by atoms with Crippen LogP contribution in [-0.2, 0) is 19.6 Å². The van der Waals surface area contributed by atoms with Gasteiger partial charge in [-0.1, -0.05) is 12.1 Å². The number of amidine groups is 1. The van der Waals surface area contributed by atoms with Crippen molar-refractivity contribution in [2.75, 3.05) is 13.6 Å². The topological polar surface area (TPSA) is 116 Å². The molecule has 24 heavy (non-hydrogen) atoms. The lowest BCUT2D eigenvalue weighted by Crippen LogP contribution is -2.31. The molecule has 1 heterocycles. The molecule has 1 aliphatic heterocycles. The van der Waals surface area contributed by atoms with E-state index >= 15 is 0 Å². The summed E-state index contributed by atoms with van der Waals surface area (Å²) < 4.78 is 26.4. The first-order valence-corrected chi connectivity index (χ1v) is 8.85. The van der Waals surface area contributed by atoms with Crippen LogP contribution in [-0.4, -0.2) is 55.8 Å². The van der Waals surface area contributed by atoms with Crippen LogP contribution in [0.4, 0.5) is 0 Å². The Balaban J connectivity index is 2.07. The Kier molecular flexibility index (Phi) is 5.23. The van der Waals surface area contributed by atoms with E-state index in [1.807, 2.05) is 0 Å². The number of carbonyl (C=O) groups is 2. The quantitative estimate of drug-likeness (QED) is 0.770. The first-order valence-electron chi connectivity index (χ1n) is 7.36. The van der Waals surface area contributed by atoms with Crippen LogP contribution in [0.3, 0.4) is 0 Å². The fourth-order valence-corrected chi connectivity index (χ4v) is 3.53. The van der Waals surface area contributed by atoms with Gasteiger partial charge in [0.05, 0.1) is 17.4 Å². The molecule has 0 saturated carbocycles. The maximum atomic E-state index is 12.0. The van der Waals surface area contributed by atoms with Gasteiger partial charge in [0.25, 0.3) is 10.0 Å². The minimum Gasteiger partial charge on any atom is -0.481 e. The predicted molar refractivity (Wildman–Crippen MR) is 87.3 cm³/mol. The number of carboxylic acids is 1. The van der Waals surface area contributed by atoms with Gasteiger partial charge in [0.1, 0.15) is 5.84 Å². The molecule has 0 aliphatic carbocycles. The van der Waals surface area contributed by atoms with Gasteiger partial charge in [-0.3, -0.25) is 19.3 Å². The van der Waals surface area contributed by atoms with Gasteiger partial charge in [-0.15, -0.1) is 0 Å². The standard InChI is InChI=1S/C15H19N3O5S/c1-10(9-13(19)18(2)8-7-14(20)21)16-15-11-5-3-4-6-12(11)24(22,23)17-15/h3-6,10H,7-9H2,1-2H3,(H,16,17)(H,20,21). The SMILES string of the molecule is CC(CC(=O)N(C)CCC(=O)O)N=C1NS(=O)(=O)c2ccccc21. The summed E-state index contributed by atoms with van der Waals surface area (Å²) in [6.45, 7) is 1.82. The normalized spacial score (nSPS) is 17.8. The molecule has 1 unspecified atom stereocenters. The van der Waals surface area contributed by atoms with Gasteiger partial charge in [0.15, 0.2) is 0 Å².